The third kappa shape index (κ3) is 9.07. The van der Waals surface area contributed by atoms with Gasteiger partial charge in [0, 0.05) is 34.1 Å². The molecule has 0 aliphatic heterocycles. The summed E-state index contributed by atoms with van der Waals surface area (Å²) in [5.41, 5.74) is 8.19. The summed E-state index contributed by atoms with van der Waals surface area (Å²) in [6.45, 7) is 0. The van der Waals surface area contributed by atoms with Gasteiger partial charge >= 0.3 is 15.6 Å². The van der Waals surface area contributed by atoms with Crippen LogP contribution in [0.15, 0.2) is 249 Å². The Morgan fingerprint density at radius 3 is 1.01 bits per heavy atom. The molecule has 0 N–H and O–H groups in total. The Bertz CT molecular complexity index is 3340. The summed E-state index contributed by atoms with van der Waals surface area (Å²) in [6, 6.07) is 82.2. The van der Waals surface area contributed by atoms with Crippen LogP contribution < -0.4 is 14.0 Å². The minimum Gasteiger partial charge on any atom is -0.376 e. The first kappa shape index (κ1) is 43.5. The largest absolute Gasteiger partial charge is 0.534 e. The molecular weight excluding hydrogens is 874 g/mol. The van der Waals surface area contributed by atoms with Crippen molar-refractivity contribution in [2.75, 3.05) is 9.80 Å². The SMILES string of the molecule is O=S(=O)(Oc1ccc(N(c2ccc(-c3ccc(N(c4ccc(-c5ccccc5)cc4)c4ccc(-c5ccccc5)cc4)cc3)cc2)c2ccc(-c3cccc4ccccc34)cc2)cc1)C(F)(F)F. The van der Waals surface area contributed by atoms with E-state index in [-0.39, 0.29) is 0 Å². The fourth-order valence-corrected chi connectivity index (χ4v) is 8.92. The standard InChI is InChI=1S/C59H41F3N2O3S/c60-59(61,62)68(65,66)67-56-40-38-55(39-41-56)64(54-36-26-49(27-37-54)58-17-9-15-48-14-7-8-16-57(48)58)53-34-24-47(25-35-53)46-22-32-52(33-23-46)63(50-28-18-44(19-29-50)42-10-3-1-4-11-42)51-30-20-45(21-31-51)43-12-5-2-6-13-43/h1-41H. The fraction of sp³-hybridized carbons (Fsp3) is 0.0169. The zero-order valence-corrected chi connectivity index (χ0v) is 37.1. The van der Waals surface area contributed by atoms with E-state index < -0.39 is 21.4 Å². The van der Waals surface area contributed by atoms with Crippen molar-refractivity contribution in [3.05, 3.63) is 249 Å². The van der Waals surface area contributed by atoms with Crippen molar-refractivity contribution in [2.45, 2.75) is 5.51 Å². The Kier molecular flexibility index (Phi) is 11.8. The monoisotopic (exact) mass is 914 g/mol. The Balaban J connectivity index is 0.966. The summed E-state index contributed by atoms with van der Waals surface area (Å²) < 4.78 is 67.5. The molecular formula is C59H41F3N2O3S. The number of rotatable bonds is 12. The van der Waals surface area contributed by atoms with Gasteiger partial charge in [-0.05, 0) is 140 Å². The highest BCUT2D eigenvalue weighted by Gasteiger charge is 2.48. The zero-order valence-electron chi connectivity index (χ0n) is 36.3. The van der Waals surface area contributed by atoms with Crippen molar-refractivity contribution >= 4 is 55.0 Å². The summed E-state index contributed by atoms with van der Waals surface area (Å²) >= 11 is 0. The molecule has 10 aromatic carbocycles. The highest BCUT2D eigenvalue weighted by Crippen LogP contribution is 2.41. The maximum atomic E-state index is 13.2. The predicted molar refractivity (Wildman–Crippen MR) is 271 cm³/mol. The molecule has 0 radical (unpaired) electrons. The second-order valence-corrected chi connectivity index (χ2v) is 17.7. The molecule has 5 nitrogen and oxygen atoms in total. The van der Waals surface area contributed by atoms with Gasteiger partial charge in [0.25, 0.3) is 0 Å². The van der Waals surface area contributed by atoms with Gasteiger partial charge in [0.05, 0.1) is 0 Å². The molecule has 0 aromatic heterocycles. The van der Waals surface area contributed by atoms with Gasteiger partial charge in [-0.1, -0.05) is 164 Å². The molecule has 10 aromatic rings. The Hall–Kier alpha value is -8.40. The number of alkyl halides is 3. The van der Waals surface area contributed by atoms with Crippen LogP contribution in [0.1, 0.15) is 0 Å². The first-order chi connectivity index (χ1) is 33.1. The maximum absolute atomic E-state index is 13.2. The molecule has 0 spiro atoms. The molecule has 68 heavy (non-hydrogen) atoms. The zero-order chi connectivity index (χ0) is 46.7. The lowest BCUT2D eigenvalue weighted by atomic mass is 9.98. The molecule has 0 aliphatic carbocycles. The summed E-state index contributed by atoms with van der Waals surface area (Å²) in [6.07, 6.45) is 0. The van der Waals surface area contributed by atoms with Gasteiger partial charge in [-0.3, -0.25) is 0 Å². The van der Waals surface area contributed by atoms with Crippen LogP contribution in [0, 0.1) is 0 Å². The minimum atomic E-state index is -5.84. The Morgan fingerprint density at radius 2 is 0.632 bits per heavy atom. The summed E-state index contributed by atoms with van der Waals surface area (Å²) in [7, 11) is -5.84. The van der Waals surface area contributed by atoms with Gasteiger partial charge in [-0.15, -0.1) is 0 Å². The average Bonchev–Trinajstić information content (AvgIpc) is 3.38. The minimum absolute atomic E-state index is 0.455. The van der Waals surface area contributed by atoms with Crippen molar-refractivity contribution in [1.29, 1.82) is 0 Å². The average molecular weight is 915 g/mol. The highest BCUT2D eigenvalue weighted by atomic mass is 32.2. The van der Waals surface area contributed by atoms with Gasteiger partial charge < -0.3 is 14.0 Å². The molecule has 0 fully saturated rings. The molecule has 0 saturated heterocycles. The Labute approximate surface area is 393 Å². The molecule has 0 unspecified atom stereocenters. The molecule has 10 rings (SSSR count). The lowest BCUT2D eigenvalue weighted by Crippen LogP contribution is -2.28. The van der Waals surface area contributed by atoms with Crippen molar-refractivity contribution < 1.29 is 25.8 Å². The van der Waals surface area contributed by atoms with E-state index >= 15 is 0 Å². The van der Waals surface area contributed by atoms with E-state index in [2.05, 4.69) is 130 Å². The van der Waals surface area contributed by atoms with Crippen LogP contribution in [0.2, 0.25) is 0 Å². The molecule has 9 heteroatoms. The van der Waals surface area contributed by atoms with Crippen molar-refractivity contribution in [1.82, 2.24) is 0 Å². The van der Waals surface area contributed by atoms with E-state index in [0.717, 1.165) is 83.7 Å². The van der Waals surface area contributed by atoms with Gasteiger partial charge in [0.2, 0.25) is 0 Å². The van der Waals surface area contributed by atoms with Crippen LogP contribution in [0.25, 0.3) is 55.3 Å². The van der Waals surface area contributed by atoms with Gasteiger partial charge in [-0.2, -0.15) is 21.6 Å². The van der Waals surface area contributed by atoms with E-state index in [4.69, 9.17) is 0 Å². The van der Waals surface area contributed by atoms with E-state index in [0.29, 0.717) is 5.69 Å². The first-order valence-electron chi connectivity index (χ1n) is 21.9. The molecule has 0 aliphatic rings. The smallest absolute Gasteiger partial charge is 0.376 e. The summed E-state index contributed by atoms with van der Waals surface area (Å²) in [4.78, 5) is 4.19. The van der Waals surface area contributed by atoms with Gasteiger partial charge in [0.1, 0.15) is 5.75 Å². The van der Waals surface area contributed by atoms with Crippen LogP contribution in [-0.4, -0.2) is 13.9 Å². The van der Waals surface area contributed by atoms with Crippen molar-refractivity contribution in [2.24, 2.45) is 0 Å². The topological polar surface area (TPSA) is 49.9 Å². The fourth-order valence-electron chi connectivity index (χ4n) is 8.46. The summed E-state index contributed by atoms with van der Waals surface area (Å²) in [5.74, 6) is -0.455. The van der Waals surface area contributed by atoms with Crippen LogP contribution in [0.3, 0.4) is 0 Å². The molecule has 0 bridgehead atoms. The van der Waals surface area contributed by atoms with Crippen LogP contribution in [0.4, 0.5) is 47.3 Å². The maximum Gasteiger partial charge on any atom is 0.534 e. The molecule has 0 amide bonds. The predicted octanol–water partition coefficient (Wildman–Crippen LogP) is 16.7. The van der Waals surface area contributed by atoms with E-state index in [1.54, 1.807) is 0 Å². The number of halogens is 3. The number of anilines is 6. The number of fused-ring (bicyclic) bond motifs is 1. The molecule has 0 saturated carbocycles. The van der Waals surface area contributed by atoms with Gasteiger partial charge in [0.15, 0.2) is 0 Å². The van der Waals surface area contributed by atoms with Crippen molar-refractivity contribution in [3.8, 4) is 50.3 Å². The third-order valence-corrected chi connectivity index (χ3v) is 12.8. The Morgan fingerprint density at radius 1 is 0.324 bits per heavy atom. The first-order valence-corrected chi connectivity index (χ1v) is 23.3. The van der Waals surface area contributed by atoms with E-state index in [1.807, 2.05) is 108 Å². The quantitative estimate of drug-likeness (QED) is 0.0903. The van der Waals surface area contributed by atoms with Crippen molar-refractivity contribution in [3.63, 3.8) is 0 Å². The van der Waals surface area contributed by atoms with E-state index in [9.17, 15) is 21.6 Å². The molecule has 332 valence electrons. The second kappa shape index (κ2) is 18.5. The summed E-state index contributed by atoms with van der Waals surface area (Å²) in [5, 5.41) is 2.25. The number of hydrogen-bond acceptors (Lipinski definition) is 5. The third-order valence-electron chi connectivity index (χ3n) is 11.9. The number of nitrogens with zero attached hydrogens (tertiary/aromatic N) is 2. The molecule has 0 atom stereocenters. The van der Waals surface area contributed by atoms with Gasteiger partial charge in [-0.25, -0.2) is 0 Å². The lowest BCUT2D eigenvalue weighted by Gasteiger charge is -2.27. The number of hydrogen-bond donors (Lipinski definition) is 0. The highest BCUT2D eigenvalue weighted by molar-refractivity contribution is 7.88. The van der Waals surface area contributed by atoms with Crippen LogP contribution in [-0.2, 0) is 10.1 Å². The normalized spacial score (nSPS) is 11.6. The number of benzene rings is 10. The van der Waals surface area contributed by atoms with E-state index in [1.165, 1.54) is 24.3 Å². The van der Waals surface area contributed by atoms with Crippen LogP contribution >= 0.6 is 0 Å². The lowest BCUT2D eigenvalue weighted by molar-refractivity contribution is -0.0500. The van der Waals surface area contributed by atoms with Crippen LogP contribution in [0.5, 0.6) is 5.75 Å². The second-order valence-electron chi connectivity index (χ2n) is 16.1. The molecule has 0 heterocycles.